The first kappa shape index (κ1) is 21.0. The molecule has 2 aliphatic heterocycles. The number of para-hydroxylation sites is 2. The van der Waals surface area contributed by atoms with Crippen LogP contribution in [-0.4, -0.2) is 29.2 Å². The lowest BCUT2D eigenvalue weighted by atomic mass is 10.1. The molecule has 0 fully saturated rings. The van der Waals surface area contributed by atoms with E-state index in [9.17, 15) is 9.59 Å². The number of rotatable bonds is 0. The normalized spacial score (nSPS) is 13.1. The van der Waals surface area contributed by atoms with Crippen molar-refractivity contribution >= 4 is 47.3 Å². The van der Waals surface area contributed by atoms with Gasteiger partial charge in [-0.3, -0.25) is 19.6 Å². The van der Waals surface area contributed by atoms with Crippen molar-refractivity contribution in [2.24, 2.45) is 9.98 Å². The van der Waals surface area contributed by atoms with Crippen molar-refractivity contribution in [3.63, 3.8) is 0 Å². The fourth-order valence-electron chi connectivity index (χ4n) is 3.45. The Bertz CT molecular complexity index is 1340. The Kier molecular flexibility index (Phi) is 5.73. The molecule has 6 rings (SSSR count). The summed E-state index contributed by atoms with van der Waals surface area (Å²) in [6.07, 6.45) is 3.41. The number of hydrogen-bond acceptors (Lipinski definition) is 5. The van der Waals surface area contributed by atoms with Gasteiger partial charge < -0.3 is 10.6 Å². The average Bonchev–Trinajstić information content (AvgIpc) is 2.87. The number of nitrogens with zero attached hydrogens (tertiary/aromatic N) is 3. The maximum absolute atomic E-state index is 13.0. The summed E-state index contributed by atoms with van der Waals surface area (Å²) < 4.78 is 0. The molecule has 0 aliphatic carbocycles. The van der Waals surface area contributed by atoms with Gasteiger partial charge >= 0.3 is 0 Å². The summed E-state index contributed by atoms with van der Waals surface area (Å²) in [5, 5.41) is 5.56. The average molecular weight is 445 g/mol. The van der Waals surface area contributed by atoms with Crippen LogP contribution in [0.4, 0.5) is 23.0 Å². The maximum atomic E-state index is 13.0. The van der Waals surface area contributed by atoms with Gasteiger partial charge in [0.05, 0.1) is 22.5 Å². The van der Waals surface area contributed by atoms with Crippen LogP contribution in [0.1, 0.15) is 31.8 Å². The van der Waals surface area contributed by atoms with Crippen LogP contribution in [0, 0.1) is 0 Å². The predicted octanol–water partition coefficient (Wildman–Crippen LogP) is 5.40. The summed E-state index contributed by atoms with van der Waals surface area (Å²) in [7, 11) is 0. The van der Waals surface area contributed by atoms with Gasteiger partial charge in [-0.25, -0.2) is 4.98 Å². The van der Waals surface area contributed by atoms with E-state index in [1.54, 1.807) is 67.0 Å². The first-order chi connectivity index (χ1) is 16.7. The fourth-order valence-corrected chi connectivity index (χ4v) is 3.45. The van der Waals surface area contributed by atoms with E-state index < -0.39 is 0 Å². The number of aliphatic imine (C=N–C) groups is 2. The van der Waals surface area contributed by atoms with Crippen molar-refractivity contribution < 1.29 is 9.59 Å². The molecule has 3 heterocycles. The molecule has 2 N–H and O–H groups in total. The molecule has 0 saturated heterocycles. The van der Waals surface area contributed by atoms with Crippen LogP contribution in [0.25, 0.3) is 0 Å². The number of pyridine rings is 1. The molecular weight excluding hydrogens is 426 g/mol. The van der Waals surface area contributed by atoms with Gasteiger partial charge in [0, 0.05) is 12.4 Å². The second-order valence-corrected chi connectivity index (χ2v) is 7.53. The molecule has 4 aromatic rings. The highest BCUT2D eigenvalue weighted by molar-refractivity contribution is 6.09. The van der Waals surface area contributed by atoms with Crippen molar-refractivity contribution in [3.05, 3.63) is 113 Å². The number of amides is 2. The summed E-state index contributed by atoms with van der Waals surface area (Å²) >= 11 is 0. The smallest absolute Gasteiger partial charge is 0.259 e. The van der Waals surface area contributed by atoms with E-state index in [0.29, 0.717) is 34.1 Å². The van der Waals surface area contributed by atoms with E-state index in [0.717, 1.165) is 11.1 Å². The lowest BCUT2D eigenvalue weighted by Crippen LogP contribution is -2.16. The first-order valence-electron chi connectivity index (χ1n) is 10.6. The van der Waals surface area contributed by atoms with Crippen LogP contribution < -0.4 is 10.6 Å². The minimum Gasteiger partial charge on any atom is -0.306 e. The molecule has 1 aromatic heterocycles. The highest BCUT2D eigenvalue weighted by Crippen LogP contribution is 2.23. The number of hydrogen-bond donors (Lipinski definition) is 2. The van der Waals surface area contributed by atoms with Crippen molar-refractivity contribution in [3.8, 4) is 0 Å². The van der Waals surface area contributed by atoms with Gasteiger partial charge in [0.15, 0.2) is 0 Å². The molecule has 2 aliphatic rings. The number of carbonyl (C=O) groups excluding carboxylic acids is 2. The minimum atomic E-state index is -0.351. The number of anilines is 2. The van der Waals surface area contributed by atoms with Crippen LogP contribution >= 0.6 is 0 Å². The second kappa shape index (κ2) is 9.30. The lowest BCUT2D eigenvalue weighted by molar-refractivity contribution is 0.102. The second-order valence-electron chi connectivity index (χ2n) is 7.53. The van der Waals surface area contributed by atoms with Gasteiger partial charge in [0.2, 0.25) is 0 Å². The molecule has 4 bridgehead atoms. The van der Waals surface area contributed by atoms with E-state index in [4.69, 9.17) is 0 Å². The molecule has 34 heavy (non-hydrogen) atoms. The number of benzene rings is 3. The summed E-state index contributed by atoms with van der Waals surface area (Å²) in [5.74, 6) is -0.0892. The molecule has 0 unspecified atom stereocenters. The number of carbonyl (C=O) groups is 2. The SMILES string of the molecule is O=C1Nc2cccc(n2)NC(=O)c2ccccc2N=Cc2ccc(cc2)C=Nc2ccccc21. The van der Waals surface area contributed by atoms with E-state index in [1.807, 2.05) is 36.4 Å². The van der Waals surface area contributed by atoms with Crippen molar-refractivity contribution in [1.29, 1.82) is 0 Å². The third-order valence-corrected chi connectivity index (χ3v) is 5.17. The third kappa shape index (κ3) is 4.63. The number of nitrogens with one attached hydrogen (secondary N) is 2. The van der Waals surface area contributed by atoms with Crippen molar-refractivity contribution in [2.45, 2.75) is 0 Å². The Balaban J connectivity index is 1.59. The van der Waals surface area contributed by atoms with E-state index >= 15 is 0 Å². The summed E-state index contributed by atoms with van der Waals surface area (Å²) in [6, 6.07) is 26.8. The van der Waals surface area contributed by atoms with Crippen molar-refractivity contribution in [2.75, 3.05) is 10.6 Å². The van der Waals surface area contributed by atoms with Crippen molar-refractivity contribution in [1.82, 2.24) is 4.98 Å². The highest BCUT2D eigenvalue weighted by atomic mass is 16.2. The molecule has 0 spiro atoms. The Morgan fingerprint density at radius 3 is 1.41 bits per heavy atom. The fraction of sp³-hybridized carbons (Fsp3) is 0. The summed E-state index contributed by atoms with van der Waals surface area (Å²) in [5.41, 5.74) is 3.63. The zero-order valence-corrected chi connectivity index (χ0v) is 18.0. The quantitative estimate of drug-likeness (QED) is 0.379. The number of aromatic nitrogens is 1. The van der Waals surface area contributed by atoms with E-state index in [2.05, 4.69) is 25.6 Å². The predicted molar refractivity (Wildman–Crippen MR) is 134 cm³/mol. The molecule has 3 aromatic carbocycles. The molecule has 0 atom stereocenters. The Labute approximate surface area is 195 Å². The highest BCUT2D eigenvalue weighted by Gasteiger charge is 2.14. The first-order valence-corrected chi connectivity index (χ1v) is 10.6. The lowest BCUT2D eigenvalue weighted by Gasteiger charge is -2.10. The summed E-state index contributed by atoms with van der Waals surface area (Å²) in [6.45, 7) is 0. The van der Waals surface area contributed by atoms with Gasteiger partial charge in [0.25, 0.3) is 11.8 Å². The van der Waals surface area contributed by atoms with Crippen LogP contribution in [0.2, 0.25) is 0 Å². The Morgan fingerprint density at radius 1 is 0.500 bits per heavy atom. The third-order valence-electron chi connectivity index (χ3n) is 5.17. The standard InChI is InChI=1S/C27H19N5O2/c33-26-20-6-1-3-8-22(20)28-16-18-12-14-19(15-13-18)17-29-23-9-4-2-7-21(23)27(34)32-25-11-5-10-24(30-25)31-26/h1-17H,(H2,30,31,32,33,34). The van der Waals surface area contributed by atoms with Gasteiger partial charge in [-0.1, -0.05) is 54.6 Å². The topological polar surface area (TPSA) is 95.8 Å². The van der Waals surface area contributed by atoms with Crippen LogP contribution in [0.15, 0.2) is 101 Å². The van der Waals surface area contributed by atoms with Crippen LogP contribution in [0.3, 0.4) is 0 Å². The molecular formula is C27H19N5O2. The molecule has 7 nitrogen and oxygen atoms in total. The largest absolute Gasteiger partial charge is 0.306 e. The Hall–Kier alpha value is -4.91. The van der Waals surface area contributed by atoms with Gasteiger partial charge in [-0.05, 0) is 47.5 Å². The van der Waals surface area contributed by atoms with Gasteiger partial charge in [0.1, 0.15) is 11.6 Å². The molecule has 0 radical (unpaired) electrons. The van der Waals surface area contributed by atoms with Crippen LogP contribution in [-0.2, 0) is 0 Å². The molecule has 0 saturated carbocycles. The zero-order chi connectivity index (χ0) is 23.3. The Morgan fingerprint density at radius 2 is 0.941 bits per heavy atom. The summed E-state index contributed by atoms with van der Waals surface area (Å²) in [4.78, 5) is 39.3. The molecule has 7 heteroatoms. The maximum Gasteiger partial charge on any atom is 0.259 e. The molecule has 2 amide bonds. The monoisotopic (exact) mass is 445 g/mol. The zero-order valence-electron chi connectivity index (χ0n) is 18.0. The van der Waals surface area contributed by atoms with E-state index in [-0.39, 0.29) is 11.8 Å². The molecule has 164 valence electrons. The van der Waals surface area contributed by atoms with Gasteiger partial charge in [-0.2, -0.15) is 0 Å². The minimum absolute atomic E-state index is 0.307. The van der Waals surface area contributed by atoms with Gasteiger partial charge in [-0.15, -0.1) is 0 Å². The number of fused-ring (bicyclic) bond motifs is 4. The van der Waals surface area contributed by atoms with E-state index in [1.165, 1.54) is 0 Å². The van der Waals surface area contributed by atoms with Crippen LogP contribution in [0.5, 0.6) is 0 Å².